The summed E-state index contributed by atoms with van der Waals surface area (Å²) in [6, 6.07) is 1.41. The van der Waals surface area contributed by atoms with Gasteiger partial charge in [-0.2, -0.15) is 9.97 Å². The number of sulfonamides is 1. The van der Waals surface area contributed by atoms with Crippen molar-refractivity contribution in [3.8, 4) is 11.8 Å². The van der Waals surface area contributed by atoms with E-state index in [1.54, 1.807) is 13.8 Å². The molecule has 1 atom stereocenters. The van der Waals surface area contributed by atoms with Crippen LogP contribution < -0.4 is 13.8 Å². The summed E-state index contributed by atoms with van der Waals surface area (Å²) in [5.74, 6) is -1.25. The molecule has 10 heteroatoms. The Morgan fingerprint density at radius 3 is 1.96 bits per heavy atom. The minimum absolute atomic E-state index is 0.132. The molecule has 23 heavy (non-hydrogen) atoms. The number of aromatic nitrogens is 2. The van der Waals surface area contributed by atoms with Gasteiger partial charge in [0.1, 0.15) is 0 Å². The molecule has 0 aliphatic heterocycles. The highest BCUT2D eigenvalue weighted by Crippen LogP contribution is 2.25. The van der Waals surface area contributed by atoms with Crippen LogP contribution in [0.25, 0.3) is 0 Å². The molecule has 1 rings (SSSR count). The minimum Gasteiger partial charge on any atom is -0.481 e. The molecule has 1 aromatic rings. The molecule has 0 N–H and O–H groups in total. The Balaban J connectivity index is 3.35. The molecular formula is C13H21N3O6S. The monoisotopic (exact) mass is 347 g/mol. The third-order valence-corrected chi connectivity index (χ3v) is 5.41. The SMILES string of the molecule is COC(=O)C(C(C)C)S(=O)(=O)N(C)c1nc(OC)cc(OC)n1. The lowest BCUT2D eigenvalue weighted by Crippen LogP contribution is -2.45. The van der Waals surface area contributed by atoms with E-state index in [1.807, 2.05) is 0 Å². The zero-order chi connectivity index (χ0) is 17.8. The Morgan fingerprint density at radius 2 is 1.61 bits per heavy atom. The second-order valence-electron chi connectivity index (χ2n) is 4.95. The minimum atomic E-state index is -4.09. The smallest absolute Gasteiger partial charge is 0.326 e. The van der Waals surface area contributed by atoms with Gasteiger partial charge in [-0.25, -0.2) is 12.7 Å². The highest BCUT2D eigenvalue weighted by Gasteiger charge is 2.40. The Kier molecular flexibility index (Phi) is 6.13. The van der Waals surface area contributed by atoms with E-state index in [0.717, 1.165) is 11.4 Å². The molecule has 0 aliphatic carbocycles. The zero-order valence-electron chi connectivity index (χ0n) is 13.9. The predicted molar refractivity (Wildman–Crippen MR) is 83.1 cm³/mol. The first-order valence-electron chi connectivity index (χ1n) is 6.71. The molecule has 9 nitrogen and oxygen atoms in total. The summed E-state index contributed by atoms with van der Waals surface area (Å²) in [4.78, 5) is 19.8. The number of rotatable bonds is 7. The molecular weight excluding hydrogens is 326 g/mol. The van der Waals surface area contributed by atoms with E-state index in [4.69, 9.17) is 9.47 Å². The summed E-state index contributed by atoms with van der Waals surface area (Å²) in [5, 5.41) is -1.38. The lowest BCUT2D eigenvalue weighted by molar-refractivity contribution is -0.140. The first-order chi connectivity index (χ1) is 10.7. The normalized spacial score (nSPS) is 12.7. The van der Waals surface area contributed by atoms with Crippen LogP contribution in [0, 0.1) is 5.92 Å². The van der Waals surface area contributed by atoms with Gasteiger partial charge in [0.2, 0.25) is 17.7 Å². The highest BCUT2D eigenvalue weighted by molar-refractivity contribution is 7.94. The molecule has 0 bridgehead atoms. The van der Waals surface area contributed by atoms with Crippen LogP contribution in [0.5, 0.6) is 11.8 Å². The van der Waals surface area contributed by atoms with Gasteiger partial charge in [0.05, 0.1) is 27.4 Å². The molecule has 0 saturated carbocycles. The Hall–Kier alpha value is -2.10. The summed E-state index contributed by atoms with van der Waals surface area (Å²) in [7, 11) is 1.06. The maximum atomic E-state index is 12.7. The number of carbonyl (C=O) groups excluding carboxylic acids is 1. The Morgan fingerprint density at radius 1 is 1.13 bits per heavy atom. The number of hydrogen-bond acceptors (Lipinski definition) is 8. The molecule has 0 amide bonds. The third-order valence-electron chi connectivity index (χ3n) is 3.11. The van der Waals surface area contributed by atoms with E-state index < -0.39 is 27.2 Å². The first kappa shape index (κ1) is 18.9. The van der Waals surface area contributed by atoms with Gasteiger partial charge in [0.25, 0.3) is 10.0 Å². The molecule has 0 saturated heterocycles. The summed E-state index contributed by atoms with van der Waals surface area (Å²) in [6.07, 6.45) is 0. The maximum absolute atomic E-state index is 12.7. The fraction of sp³-hybridized carbons (Fsp3) is 0.615. The predicted octanol–water partition coefficient (Wildman–Crippen LogP) is 0.457. The molecule has 0 radical (unpaired) electrons. The zero-order valence-corrected chi connectivity index (χ0v) is 14.7. The molecule has 0 aromatic carbocycles. The highest BCUT2D eigenvalue weighted by atomic mass is 32.2. The summed E-state index contributed by atoms with van der Waals surface area (Å²) < 4.78 is 40.9. The van der Waals surface area contributed by atoms with Crippen LogP contribution in [0.2, 0.25) is 0 Å². The maximum Gasteiger partial charge on any atom is 0.326 e. The van der Waals surface area contributed by atoms with Gasteiger partial charge in [-0.1, -0.05) is 13.8 Å². The number of carbonyl (C=O) groups is 1. The van der Waals surface area contributed by atoms with Crippen molar-refractivity contribution in [1.82, 2.24) is 9.97 Å². The van der Waals surface area contributed by atoms with Crippen molar-refractivity contribution in [1.29, 1.82) is 0 Å². The molecule has 130 valence electrons. The van der Waals surface area contributed by atoms with Crippen molar-refractivity contribution in [2.24, 2.45) is 5.92 Å². The topological polar surface area (TPSA) is 108 Å². The van der Waals surface area contributed by atoms with Crippen LogP contribution in [-0.4, -0.2) is 58.0 Å². The van der Waals surface area contributed by atoms with E-state index in [2.05, 4.69) is 14.7 Å². The van der Waals surface area contributed by atoms with Crippen molar-refractivity contribution >= 4 is 21.9 Å². The van der Waals surface area contributed by atoms with E-state index in [9.17, 15) is 13.2 Å². The van der Waals surface area contributed by atoms with Crippen molar-refractivity contribution in [2.75, 3.05) is 32.7 Å². The number of esters is 1. The molecule has 1 heterocycles. The van der Waals surface area contributed by atoms with Crippen LogP contribution in [0.15, 0.2) is 6.07 Å². The van der Waals surface area contributed by atoms with Gasteiger partial charge in [0, 0.05) is 7.05 Å². The molecule has 1 unspecified atom stereocenters. The lowest BCUT2D eigenvalue weighted by atomic mass is 10.1. The van der Waals surface area contributed by atoms with Gasteiger partial charge in [-0.3, -0.25) is 4.79 Å². The number of nitrogens with zero attached hydrogens (tertiary/aromatic N) is 3. The molecule has 0 spiro atoms. The van der Waals surface area contributed by atoms with Gasteiger partial charge in [-0.05, 0) is 5.92 Å². The van der Waals surface area contributed by atoms with E-state index in [0.29, 0.717) is 0 Å². The van der Waals surface area contributed by atoms with Gasteiger partial charge < -0.3 is 14.2 Å². The van der Waals surface area contributed by atoms with E-state index >= 15 is 0 Å². The Labute approximate surface area is 135 Å². The Bertz CT molecular complexity index is 639. The van der Waals surface area contributed by atoms with Crippen molar-refractivity contribution in [2.45, 2.75) is 19.1 Å². The fourth-order valence-electron chi connectivity index (χ4n) is 1.88. The first-order valence-corrected chi connectivity index (χ1v) is 8.22. The summed E-state index contributed by atoms with van der Waals surface area (Å²) >= 11 is 0. The number of ether oxygens (including phenoxy) is 3. The van der Waals surface area contributed by atoms with Gasteiger partial charge >= 0.3 is 5.97 Å². The standard InChI is InChI=1S/C13H21N3O6S/c1-8(2)11(12(17)22-6)23(18,19)16(3)13-14-9(20-4)7-10(15-13)21-5/h7-8,11H,1-6H3. The largest absolute Gasteiger partial charge is 0.481 e. The van der Waals surface area contributed by atoms with Crippen molar-refractivity contribution in [3.05, 3.63) is 6.07 Å². The summed E-state index contributed by atoms with van der Waals surface area (Å²) in [5.41, 5.74) is 0. The molecule has 1 aromatic heterocycles. The second kappa shape index (κ2) is 7.44. The van der Waals surface area contributed by atoms with E-state index in [1.165, 1.54) is 27.3 Å². The number of hydrogen-bond donors (Lipinski definition) is 0. The quantitative estimate of drug-likeness (QED) is 0.655. The van der Waals surface area contributed by atoms with Crippen LogP contribution in [0.3, 0.4) is 0 Å². The van der Waals surface area contributed by atoms with Gasteiger partial charge in [-0.15, -0.1) is 0 Å². The van der Waals surface area contributed by atoms with Crippen LogP contribution in [-0.2, 0) is 19.6 Å². The third kappa shape index (κ3) is 4.01. The van der Waals surface area contributed by atoms with E-state index in [-0.39, 0.29) is 17.7 Å². The molecule has 0 fully saturated rings. The molecule has 0 aliphatic rings. The van der Waals surface area contributed by atoms with Crippen LogP contribution in [0.4, 0.5) is 5.95 Å². The van der Waals surface area contributed by atoms with Crippen molar-refractivity contribution < 1.29 is 27.4 Å². The second-order valence-corrected chi connectivity index (χ2v) is 7.04. The average Bonchev–Trinajstić information content (AvgIpc) is 2.52. The van der Waals surface area contributed by atoms with Gasteiger partial charge in [0.15, 0.2) is 5.25 Å². The number of anilines is 1. The number of methoxy groups -OCH3 is 3. The van der Waals surface area contributed by atoms with Crippen molar-refractivity contribution in [3.63, 3.8) is 0 Å². The lowest BCUT2D eigenvalue weighted by Gasteiger charge is -2.25. The van der Waals surface area contributed by atoms with Crippen LogP contribution in [0.1, 0.15) is 13.8 Å². The average molecular weight is 347 g/mol. The van der Waals surface area contributed by atoms with Crippen LogP contribution >= 0.6 is 0 Å². The summed E-state index contributed by atoms with van der Waals surface area (Å²) in [6.45, 7) is 3.22. The fourth-order valence-corrected chi connectivity index (χ4v) is 3.56.